The van der Waals surface area contributed by atoms with Crippen molar-refractivity contribution in [3.8, 4) is 0 Å². The van der Waals surface area contributed by atoms with Crippen LogP contribution in [0.4, 0.5) is 9.18 Å². The maximum absolute atomic E-state index is 13.0. The van der Waals surface area contributed by atoms with E-state index in [4.69, 9.17) is 4.42 Å². The molecule has 1 aromatic heterocycles. The molecule has 1 aliphatic heterocycles. The van der Waals surface area contributed by atoms with Crippen LogP contribution in [0.2, 0.25) is 0 Å². The van der Waals surface area contributed by atoms with E-state index in [2.05, 4.69) is 5.32 Å². The smallest absolute Gasteiger partial charge is 0.325 e. The lowest BCUT2D eigenvalue weighted by molar-refractivity contribution is -0.138. The normalized spacial score (nSPS) is 19.6. The second-order valence-corrected chi connectivity index (χ2v) is 6.30. The number of carbonyl (C=O) groups is 3. The third-order valence-corrected chi connectivity index (χ3v) is 4.34. The zero-order valence-corrected chi connectivity index (χ0v) is 14.4. The van der Waals surface area contributed by atoms with Crippen molar-refractivity contribution in [2.75, 3.05) is 13.6 Å². The summed E-state index contributed by atoms with van der Waals surface area (Å²) in [6.07, 6.45) is 1.41. The van der Waals surface area contributed by atoms with Gasteiger partial charge in [0.05, 0.1) is 6.26 Å². The Morgan fingerprint density at radius 1 is 1.27 bits per heavy atom. The molecule has 1 N–H and O–H groups in total. The van der Waals surface area contributed by atoms with Crippen LogP contribution in [0.25, 0.3) is 0 Å². The monoisotopic (exact) mass is 359 g/mol. The molecule has 2 aromatic rings. The average Bonchev–Trinajstić information content (AvgIpc) is 3.21. The van der Waals surface area contributed by atoms with Crippen LogP contribution in [-0.2, 0) is 21.7 Å². The number of nitrogens with zero attached hydrogens (tertiary/aromatic N) is 2. The number of hydrogen-bond acceptors (Lipinski definition) is 4. The minimum Gasteiger partial charge on any atom is -0.466 e. The van der Waals surface area contributed by atoms with Crippen LogP contribution in [-0.4, -0.2) is 41.2 Å². The highest BCUT2D eigenvalue weighted by Gasteiger charge is 2.51. The van der Waals surface area contributed by atoms with E-state index in [0.29, 0.717) is 5.76 Å². The maximum Gasteiger partial charge on any atom is 0.325 e. The van der Waals surface area contributed by atoms with Crippen LogP contribution in [0, 0.1) is 5.82 Å². The molecule has 26 heavy (non-hydrogen) atoms. The summed E-state index contributed by atoms with van der Waals surface area (Å²) in [5.41, 5.74) is -0.601. The minimum atomic E-state index is -1.34. The van der Waals surface area contributed by atoms with Gasteiger partial charge < -0.3 is 14.6 Å². The standard InChI is InChI=1S/C18H18FN3O4/c1-18(14-4-3-9-26-14)16(24)22(17(25)20-18)11-15(23)21(2)10-12-5-7-13(19)8-6-12/h3-9H,10-11H2,1-2H3,(H,20,25)/t18-/m1/s1. The number of nitrogens with one attached hydrogen (secondary N) is 1. The van der Waals surface area contributed by atoms with Crippen molar-refractivity contribution in [1.29, 1.82) is 0 Å². The lowest BCUT2D eigenvalue weighted by Gasteiger charge is -2.21. The lowest BCUT2D eigenvalue weighted by Crippen LogP contribution is -2.43. The first-order valence-corrected chi connectivity index (χ1v) is 7.98. The van der Waals surface area contributed by atoms with E-state index in [-0.39, 0.29) is 12.4 Å². The zero-order valence-electron chi connectivity index (χ0n) is 14.4. The van der Waals surface area contributed by atoms with Gasteiger partial charge in [0.1, 0.15) is 18.1 Å². The average molecular weight is 359 g/mol. The first-order chi connectivity index (χ1) is 12.3. The van der Waals surface area contributed by atoms with E-state index in [9.17, 15) is 18.8 Å². The number of benzene rings is 1. The highest BCUT2D eigenvalue weighted by molar-refractivity contribution is 6.08. The molecule has 1 fully saturated rings. The van der Waals surface area contributed by atoms with Gasteiger partial charge in [0.25, 0.3) is 5.91 Å². The molecule has 0 saturated carbocycles. The molecule has 1 aliphatic rings. The number of amides is 4. The van der Waals surface area contributed by atoms with Crippen molar-refractivity contribution in [2.45, 2.75) is 19.0 Å². The van der Waals surface area contributed by atoms with Crippen LogP contribution < -0.4 is 5.32 Å². The number of carbonyl (C=O) groups excluding carboxylic acids is 3. The van der Waals surface area contributed by atoms with Crippen molar-refractivity contribution >= 4 is 17.8 Å². The Labute approximate surface area is 149 Å². The van der Waals surface area contributed by atoms with E-state index in [1.807, 2.05) is 0 Å². The fraction of sp³-hybridized carbons (Fsp3) is 0.278. The zero-order chi connectivity index (χ0) is 18.9. The Hall–Kier alpha value is -3.16. The number of hydrogen-bond donors (Lipinski definition) is 1. The Kier molecular flexibility index (Phi) is 4.50. The number of rotatable bonds is 5. The third kappa shape index (κ3) is 3.17. The van der Waals surface area contributed by atoms with E-state index in [1.165, 1.54) is 30.2 Å². The Balaban J connectivity index is 1.68. The van der Waals surface area contributed by atoms with E-state index >= 15 is 0 Å². The van der Waals surface area contributed by atoms with Gasteiger partial charge in [-0.25, -0.2) is 9.18 Å². The molecule has 0 spiro atoms. The fourth-order valence-corrected chi connectivity index (χ4v) is 2.78. The Morgan fingerprint density at radius 2 is 1.96 bits per heavy atom. The predicted molar refractivity (Wildman–Crippen MR) is 89.2 cm³/mol. The summed E-state index contributed by atoms with van der Waals surface area (Å²) in [6, 6.07) is 8.30. The molecule has 2 heterocycles. The maximum atomic E-state index is 13.0. The molecule has 0 radical (unpaired) electrons. The third-order valence-electron chi connectivity index (χ3n) is 4.34. The van der Waals surface area contributed by atoms with E-state index < -0.39 is 29.9 Å². The number of furan rings is 1. The Bertz CT molecular complexity index is 835. The summed E-state index contributed by atoms with van der Waals surface area (Å²) in [6.45, 7) is 1.37. The van der Waals surface area contributed by atoms with Crippen molar-refractivity contribution in [3.63, 3.8) is 0 Å². The van der Waals surface area contributed by atoms with Gasteiger partial charge in [-0.2, -0.15) is 0 Å². The molecule has 136 valence electrons. The molecular formula is C18H18FN3O4. The van der Waals surface area contributed by atoms with Gasteiger partial charge >= 0.3 is 6.03 Å². The van der Waals surface area contributed by atoms with Gasteiger partial charge in [0.2, 0.25) is 5.91 Å². The second kappa shape index (κ2) is 6.62. The van der Waals surface area contributed by atoms with Crippen LogP contribution in [0.3, 0.4) is 0 Å². The minimum absolute atomic E-state index is 0.234. The van der Waals surface area contributed by atoms with Crippen LogP contribution in [0.5, 0.6) is 0 Å². The largest absolute Gasteiger partial charge is 0.466 e. The molecule has 1 atom stereocenters. The molecule has 4 amide bonds. The molecule has 0 unspecified atom stereocenters. The van der Waals surface area contributed by atoms with Gasteiger partial charge in [0, 0.05) is 13.6 Å². The number of urea groups is 1. The second-order valence-electron chi connectivity index (χ2n) is 6.30. The molecule has 0 bridgehead atoms. The van der Waals surface area contributed by atoms with Gasteiger partial charge in [-0.3, -0.25) is 14.5 Å². The van der Waals surface area contributed by atoms with Gasteiger partial charge in [-0.15, -0.1) is 0 Å². The molecule has 1 aromatic carbocycles. The van der Waals surface area contributed by atoms with Crippen LogP contribution in [0.1, 0.15) is 18.2 Å². The number of halogens is 1. The Morgan fingerprint density at radius 3 is 2.58 bits per heavy atom. The van der Waals surface area contributed by atoms with E-state index in [0.717, 1.165) is 10.5 Å². The van der Waals surface area contributed by atoms with E-state index in [1.54, 1.807) is 31.3 Å². The van der Waals surface area contributed by atoms with Gasteiger partial charge in [-0.1, -0.05) is 12.1 Å². The molecule has 0 aliphatic carbocycles. The topological polar surface area (TPSA) is 82.9 Å². The quantitative estimate of drug-likeness (QED) is 0.826. The summed E-state index contributed by atoms with van der Waals surface area (Å²) in [4.78, 5) is 39.5. The van der Waals surface area contributed by atoms with Crippen molar-refractivity contribution in [2.24, 2.45) is 0 Å². The highest BCUT2D eigenvalue weighted by atomic mass is 19.1. The molecule has 7 nitrogen and oxygen atoms in total. The van der Waals surface area contributed by atoms with Crippen molar-refractivity contribution in [1.82, 2.24) is 15.1 Å². The van der Waals surface area contributed by atoms with Gasteiger partial charge in [-0.05, 0) is 36.8 Å². The number of imide groups is 1. The first kappa shape index (κ1) is 17.7. The lowest BCUT2D eigenvalue weighted by atomic mass is 9.99. The molecular weight excluding hydrogens is 341 g/mol. The van der Waals surface area contributed by atoms with Gasteiger partial charge in [0.15, 0.2) is 5.54 Å². The van der Waals surface area contributed by atoms with Crippen LogP contribution in [0.15, 0.2) is 47.1 Å². The summed E-state index contributed by atoms with van der Waals surface area (Å²) in [5.74, 6) is -1.03. The molecule has 1 saturated heterocycles. The highest BCUT2D eigenvalue weighted by Crippen LogP contribution is 2.29. The van der Waals surface area contributed by atoms with Crippen molar-refractivity contribution in [3.05, 3.63) is 59.8 Å². The summed E-state index contributed by atoms with van der Waals surface area (Å²) in [7, 11) is 1.55. The summed E-state index contributed by atoms with van der Waals surface area (Å²) >= 11 is 0. The number of likely N-dealkylation sites (N-methyl/N-ethyl adjacent to an activating group) is 1. The van der Waals surface area contributed by atoms with Crippen molar-refractivity contribution < 1.29 is 23.2 Å². The molecule has 3 rings (SSSR count). The molecule has 8 heteroatoms. The van der Waals surface area contributed by atoms with Crippen LogP contribution >= 0.6 is 0 Å². The predicted octanol–water partition coefficient (Wildman–Crippen LogP) is 1.84. The summed E-state index contributed by atoms with van der Waals surface area (Å²) in [5, 5.41) is 2.56. The SMILES string of the molecule is CN(Cc1ccc(F)cc1)C(=O)CN1C(=O)N[C@](C)(c2ccco2)C1=O. The first-order valence-electron chi connectivity index (χ1n) is 7.98. The summed E-state index contributed by atoms with van der Waals surface area (Å²) < 4.78 is 18.2. The fourth-order valence-electron chi connectivity index (χ4n) is 2.78.